The lowest BCUT2D eigenvalue weighted by molar-refractivity contribution is -0.127. The molecule has 0 spiro atoms. The monoisotopic (exact) mass is 271 g/mol. The molecule has 0 heterocycles. The predicted octanol–water partition coefficient (Wildman–Crippen LogP) is -0.0301. The van der Waals surface area contributed by atoms with Gasteiger partial charge in [-0.25, -0.2) is 4.99 Å². The number of likely N-dealkylation sites (N-methyl/N-ethyl adjacent to an activating group) is 2. The molecule has 112 valence electrons. The van der Waals surface area contributed by atoms with Crippen LogP contribution >= 0.6 is 0 Å². The molecule has 0 aromatic rings. The number of nitrogens with zero attached hydrogens (tertiary/aromatic N) is 3. The standard InChI is InChI=1S/C13H29N5O/c1-7-14-13(16-10-12(19)17(4)5)15-8-9-18(6)11(2)3/h11H,7-10H2,1-6H3,(H2,14,15,16). The molecule has 19 heavy (non-hydrogen) atoms. The van der Waals surface area contributed by atoms with Crippen LogP contribution in [0.3, 0.4) is 0 Å². The van der Waals surface area contributed by atoms with Crippen molar-refractivity contribution in [1.29, 1.82) is 0 Å². The smallest absolute Gasteiger partial charge is 0.243 e. The summed E-state index contributed by atoms with van der Waals surface area (Å²) < 4.78 is 0. The molecule has 0 unspecified atom stereocenters. The Kier molecular flexibility index (Phi) is 8.95. The number of carbonyl (C=O) groups is 1. The van der Waals surface area contributed by atoms with Crippen LogP contribution < -0.4 is 10.6 Å². The summed E-state index contributed by atoms with van der Waals surface area (Å²) >= 11 is 0. The molecule has 0 aromatic heterocycles. The SMILES string of the molecule is CCNC(=NCC(=O)N(C)C)NCCN(C)C(C)C. The Morgan fingerprint density at radius 1 is 1.21 bits per heavy atom. The van der Waals surface area contributed by atoms with Gasteiger partial charge in [-0.2, -0.15) is 0 Å². The first kappa shape index (κ1) is 17.7. The quantitative estimate of drug-likeness (QED) is 0.504. The van der Waals surface area contributed by atoms with Crippen LogP contribution in [0.4, 0.5) is 0 Å². The second kappa shape index (κ2) is 9.61. The van der Waals surface area contributed by atoms with Crippen molar-refractivity contribution in [3.63, 3.8) is 0 Å². The minimum atomic E-state index is -0.00324. The number of hydrogen-bond donors (Lipinski definition) is 2. The molecule has 0 aliphatic carbocycles. The average molecular weight is 271 g/mol. The maximum atomic E-state index is 11.5. The lowest BCUT2D eigenvalue weighted by Crippen LogP contribution is -2.42. The van der Waals surface area contributed by atoms with E-state index in [2.05, 4.69) is 41.4 Å². The van der Waals surface area contributed by atoms with E-state index < -0.39 is 0 Å². The summed E-state index contributed by atoms with van der Waals surface area (Å²) in [6.45, 7) is 9.01. The van der Waals surface area contributed by atoms with Crippen molar-refractivity contribution in [2.24, 2.45) is 4.99 Å². The van der Waals surface area contributed by atoms with Crippen LogP contribution in [0, 0.1) is 0 Å². The van der Waals surface area contributed by atoms with Crippen molar-refractivity contribution in [3.05, 3.63) is 0 Å². The number of amides is 1. The van der Waals surface area contributed by atoms with E-state index in [9.17, 15) is 4.79 Å². The Labute approximate surface area is 117 Å². The van der Waals surface area contributed by atoms with E-state index in [0.29, 0.717) is 12.0 Å². The molecule has 1 amide bonds. The Balaban J connectivity index is 4.18. The van der Waals surface area contributed by atoms with Crippen LogP contribution in [0.2, 0.25) is 0 Å². The van der Waals surface area contributed by atoms with Gasteiger partial charge in [-0.3, -0.25) is 4.79 Å². The van der Waals surface area contributed by atoms with Gasteiger partial charge < -0.3 is 20.4 Å². The number of guanidine groups is 1. The maximum Gasteiger partial charge on any atom is 0.243 e. The zero-order valence-corrected chi connectivity index (χ0v) is 13.2. The second-order valence-electron chi connectivity index (χ2n) is 4.98. The fraction of sp³-hybridized carbons (Fsp3) is 0.846. The van der Waals surface area contributed by atoms with Crippen LogP contribution in [-0.2, 0) is 4.79 Å². The molecule has 2 N–H and O–H groups in total. The number of aliphatic imine (C=N–C) groups is 1. The Morgan fingerprint density at radius 3 is 2.32 bits per heavy atom. The highest BCUT2D eigenvalue weighted by Crippen LogP contribution is 1.90. The summed E-state index contributed by atoms with van der Waals surface area (Å²) in [5.41, 5.74) is 0. The van der Waals surface area contributed by atoms with Crippen molar-refractivity contribution in [3.8, 4) is 0 Å². The topological polar surface area (TPSA) is 60.0 Å². The fourth-order valence-electron chi connectivity index (χ4n) is 1.24. The van der Waals surface area contributed by atoms with E-state index in [1.807, 2.05) is 6.92 Å². The van der Waals surface area contributed by atoms with Gasteiger partial charge in [0.1, 0.15) is 6.54 Å². The van der Waals surface area contributed by atoms with Crippen LogP contribution in [-0.4, -0.2) is 75.0 Å². The largest absolute Gasteiger partial charge is 0.357 e. The van der Waals surface area contributed by atoms with Gasteiger partial charge >= 0.3 is 0 Å². The highest BCUT2D eigenvalue weighted by Gasteiger charge is 2.05. The molecule has 0 aliphatic heterocycles. The molecule has 0 bridgehead atoms. The molecule has 0 saturated carbocycles. The molecule has 0 atom stereocenters. The van der Waals surface area contributed by atoms with Gasteiger partial charge in [-0.15, -0.1) is 0 Å². The van der Waals surface area contributed by atoms with Crippen molar-refractivity contribution in [2.75, 3.05) is 47.3 Å². The van der Waals surface area contributed by atoms with Crippen LogP contribution in [0.15, 0.2) is 4.99 Å². The molecule has 0 aromatic carbocycles. The highest BCUT2D eigenvalue weighted by atomic mass is 16.2. The summed E-state index contributed by atoms with van der Waals surface area (Å²) in [6, 6.07) is 0.525. The van der Waals surface area contributed by atoms with Gasteiger partial charge in [0.05, 0.1) is 0 Å². The van der Waals surface area contributed by atoms with Gasteiger partial charge in [-0.1, -0.05) is 0 Å². The summed E-state index contributed by atoms with van der Waals surface area (Å²) in [4.78, 5) is 19.5. The third kappa shape index (κ3) is 8.42. The molecule has 6 heteroatoms. The third-order valence-corrected chi connectivity index (χ3v) is 2.85. The van der Waals surface area contributed by atoms with Gasteiger partial charge in [0.15, 0.2) is 5.96 Å². The Bertz CT molecular complexity index is 289. The molecule has 0 fully saturated rings. The number of hydrogen-bond acceptors (Lipinski definition) is 3. The first-order valence-corrected chi connectivity index (χ1v) is 6.81. The van der Waals surface area contributed by atoms with Crippen molar-refractivity contribution >= 4 is 11.9 Å². The van der Waals surface area contributed by atoms with Crippen molar-refractivity contribution in [1.82, 2.24) is 20.4 Å². The zero-order valence-electron chi connectivity index (χ0n) is 13.2. The van der Waals surface area contributed by atoms with Gasteiger partial charge in [0, 0.05) is 39.8 Å². The lowest BCUT2D eigenvalue weighted by atomic mass is 10.3. The second-order valence-corrected chi connectivity index (χ2v) is 4.98. The summed E-state index contributed by atoms with van der Waals surface area (Å²) in [5.74, 6) is 0.686. The number of carbonyl (C=O) groups excluding carboxylic acids is 1. The van der Waals surface area contributed by atoms with Crippen LogP contribution in [0.25, 0.3) is 0 Å². The average Bonchev–Trinajstić information content (AvgIpc) is 2.34. The molecule has 6 nitrogen and oxygen atoms in total. The van der Waals surface area contributed by atoms with Gasteiger partial charge in [0.25, 0.3) is 0 Å². The molecule has 0 saturated heterocycles. The first-order chi connectivity index (χ1) is 8.88. The van der Waals surface area contributed by atoms with E-state index >= 15 is 0 Å². The van der Waals surface area contributed by atoms with Gasteiger partial charge in [-0.05, 0) is 27.8 Å². The van der Waals surface area contributed by atoms with E-state index in [0.717, 1.165) is 19.6 Å². The Hall–Kier alpha value is -1.30. The molecular weight excluding hydrogens is 242 g/mol. The first-order valence-electron chi connectivity index (χ1n) is 6.81. The van der Waals surface area contributed by atoms with E-state index in [-0.39, 0.29) is 12.5 Å². The zero-order chi connectivity index (χ0) is 14.8. The van der Waals surface area contributed by atoms with Gasteiger partial charge in [0.2, 0.25) is 5.91 Å². The maximum absolute atomic E-state index is 11.5. The van der Waals surface area contributed by atoms with Crippen LogP contribution in [0.1, 0.15) is 20.8 Å². The lowest BCUT2D eigenvalue weighted by Gasteiger charge is -2.21. The van der Waals surface area contributed by atoms with E-state index in [1.54, 1.807) is 19.0 Å². The molecule has 0 rings (SSSR count). The van der Waals surface area contributed by atoms with E-state index in [4.69, 9.17) is 0 Å². The minimum absolute atomic E-state index is 0.00324. The summed E-state index contributed by atoms with van der Waals surface area (Å²) in [6.07, 6.45) is 0. The van der Waals surface area contributed by atoms with Crippen LogP contribution in [0.5, 0.6) is 0 Å². The predicted molar refractivity (Wildman–Crippen MR) is 80.4 cm³/mol. The summed E-state index contributed by atoms with van der Waals surface area (Å²) in [7, 11) is 5.55. The number of nitrogens with one attached hydrogen (secondary N) is 2. The molecular formula is C13H29N5O. The van der Waals surface area contributed by atoms with Crippen molar-refractivity contribution < 1.29 is 4.79 Å². The fourth-order valence-corrected chi connectivity index (χ4v) is 1.24. The highest BCUT2D eigenvalue weighted by molar-refractivity contribution is 5.84. The van der Waals surface area contributed by atoms with E-state index in [1.165, 1.54) is 0 Å². The molecule has 0 aliphatic rings. The molecule has 0 radical (unpaired) electrons. The minimum Gasteiger partial charge on any atom is -0.357 e. The normalized spacial score (nSPS) is 11.9. The number of rotatable bonds is 7. The van der Waals surface area contributed by atoms with Crippen molar-refractivity contribution in [2.45, 2.75) is 26.8 Å². The summed E-state index contributed by atoms with van der Waals surface area (Å²) in [5, 5.41) is 6.36. The third-order valence-electron chi connectivity index (χ3n) is 2.85. The Morgan fingerprint density at radius 2 is 1.84 bits per heavy atom.